The van der Waals surface area contributed by atoms with Gasteiger partial charge in [-0.15, -0.1) is 0 Å². The lowest BCUT2D eigenvalue weighted by atomic mass is 10.2. The van der Waals surface area contributed by atoms with Crippen molar-refractivity contribution < 1.29 is 5.11 Å². The van der Waals surface area contributed by atoms with Gasteiger partial charge in [-0.3, -0.25) is 0 Å². The average molecular weight is 300 g/mol. The molecule has 16 heavy (non-hydrogen) atoms. The van der Waals surface area contributed by atoms with E-state index in [9.17, 15) is 5.11 Å². The summed E-state index contributed by atoms with van der Waals surface area (Å²) in [5, 5.41) is 16.8. The van der Waals surface area contributed by atoms with Crippen molar-refractivity contribution in [2.24, 2.45) is 0 Å². The molecule has 0 bridgehead atoms. The van der Waals surface area contributed by atoms with Crippen molar-refractivity contribution in [2.45, 2.75) is 6.10 Å². The molecule has 6 heteroatoms. The molecule has 0 amide bonds. The van der Waals surface area contributed by atoms with Gasteiger partial charge in [-0.2, -0.15) is 11.3 Å². The van der Waals surface area contributed by atoms with Crippen LogP contribution in [0.5, 0.6) is 0 Å². The van der Waals surface area contributed by atoms with Gasteiger partial charge in [-0.25, -0.2) is 9.97 Å². The largest absolute Gasteiger partial charge is 0.387 e. The smallest absolute Gasteiger partial charge is 0.143 e. The van der Waals surface area contributed by atoms with Gasteiger partial charge < -0.3 is 10.4 Å². The van der Waals surface area contributed by atoms with Crippen LogP contribution in [-0.4, -0.2) is 21.6 Å². The number of anilines is 1. The number of halogens is 1. The second kappa shape index (κ2) is 5.38. The summed E-state index contributed by atoms with van der Waals surface area (Å²) in [5.41, 5.74) is 0.919. The van der Waals surface area contributed by atoms with Crippen LogP contribution in [0, 0.1) is 0 Å². The molecular weight excluding hydrogens is 290 g/mol. The number of aromatic nitrogens is 2. The molecule has 0 aliphatic heterocycles. The number of hydrogen-bond acceptors (Lipinski definition) is 5. The molecule has 0 aliphatic carbocycles. The van der Waals surface area contributed by atoms with Crippen LogP contribution in [0.15, 0.2) is 33.8 Å². The molecular formula is C10H10BrN3OS. The lowest BCUT2D eigenvalue weighted by Gasteiger charge is -2.11. The summed E-state index contributed by atoms with van der Waals surface area (Å²) >= 11 is 4.90. The van der Waals surface area contributed by atoms with E-state index in [4.69, 9.17) is 0 Å². The van der Waals surface area contributed by atoms with E-state index in [0.29, 0.717) is 12.4 Å². The first-order valence-electron chi connectivity index (χ1n) is 4.67. The van der Waals surface area contributed by atoms with Crippen molar-refractivity contribution in [1.29, 1.82) is 0 Å². The van der Waals surface area contributed by atoms with Gasteiger partial charge in [0.1, 0.15) is 12.1 Å². The van der Waals surface area contributed by atoms with Gasteiger partial charge in [0.25, 0.3) is 0 Å². The second-order valence-corrected chi connectivity index (χ2v) is 4.81. The summed E-state index contributed by atoms with van der Waals surface area (Å²) in [6.45, 7) is 0.423. The van der Waals surface area contributed by atoms with E-state index < -0.39 is 6.10 Å². The highest BCUT2D eigenvalue weighted by Gasteiger charge is 2.08. The zero-order chi connectivity index (χ0) is 11.4. The minimum Gasteiger partial charge on any atom is -0.387 e. The molecule has 0 saturated carbocycles. The predicted octanol–water partition coefficient (Wildman–Crippen LogP) is 2.45. The molecule has 2 N–H and O–H groups in total. The molecule has 1 unspecified atom stereocenters. The Balaban J connectivity index is 1.95. The fraction of sp³-hybridized carbons (Fsp3) is 0.200. The third-order valence-corrected chi connectivity index (χ3v) is 3.34. The summed E-state index contributed by atoms with van der Waals surface area (Å²) in [7, 11) is 0. The molecule has 4 nitrogen and oxygen atoms in total. The summed E-state index contributed by atoms with van der Waals surface area (Å²) in [5.74, 6) is 0.685. The molecule has 0 spiro atoms. The van der Waals surface area contributed by atoms with E-state index >= 15 is 0 Å². The Kier molecular flexibility index (Phi) is 3.87. The van der Waals surface area contributed by atoms with Crippen molar-refractivity contribution in [2.75, 3.05) is 11.9 Å². The Labute approximate surface area is 106 Å². The van der Waals surface area contributed by atoms with E-state index in [1.165, 1.54) is 6.33 Å². The Bertz CT molecular complexity index is 449. The van der Waals surface area contributed by atoms with E-state index in [2.05, 4.69) is 31.2 Å². The van der Waals surface area contributed by atoms with Gasteiger partial charge in [0.2, 0.25) is 0 Å². The molecule has 0 saturated heterocycles. The number of hydrogen-bond donors (Lipinski definition) is 2. The highest BCUT2D eigenvalue weighted by molar-refractivity contribution is 9.10. The van der Waals surface area contributed by atoms with Crippen LogP contribution >= 0.6 is 27.3 Å². The monoisotopic (exact) mass is 299 g/mol. The maximum atomic E-state index is 9.85. The van der Waals surface area contributed by atoms with Gasteiger partial charge in [-0.05, 0) is 38.3 Å². The van der Waals surface area contributed by atoms with Gasteiger partial charge in [0.05, 0.1) is 10.6 Å². The Morgan fingerprint density at radius 1 is 1.56 bits per heavy atom. The van der Waals surface area contributed by atoms with Crippen molar-refractivity contribution in [3.63, 3.8) is 0 Å². The molecule has 2 heterocycles. The van der Waals surface area contributed by atoms with E-state index in [1.54, 1.807) is 17.5 Å². The number of nitrogens with one attached hydrogen (secondary N) is 1. The summed E-state index contributed by atoms with van der Waals surface area (Å²) in [4.78, 5) is 7.92. The van der Waals surface area contributed by atoms with Gasteiger partial charge in [-0.1, -0.05) is 0 Å². The zero-order valence-corrected chi connectivity index (χ0v) is 10.7. The normalized spacial score (nSPS) is 12.4. The quantitative estimate of drug-likeness (QED) is 0.910. The second-order valence-electron chi connectivity index (χ2n) is 3.17. The third kappa shape index (κ3) is 2.78. The van der Waals surface area contributed by atoms with E-state index in [-0.39, 0.29) is 0 Å². The van der Waals surface area contributed by atoms with Gasteiger partial charge in [0.15, 0.2) is 0 Å². The van der Waals surface area contributed by atoms with Crippen molar-refractivity contribution in [3.05, 3.63) is 39.4 Å². The molecule has 84 valence electrons. The van der Waals surface area contributed by atoms with Crippen LogP contribution in [-0.2, 0) is 0 Å². The summed E-state index contributed by atoms with van der Waals surface area (Å²) < 4.78 is 0.785. The molecule has 0 fully saturated rings. The molecule has 0 aliphatic rings. The minimum atomic E-state index is -0.520. The van der Waals surface area contributed by atoms with Crippen molar-refractivity contribution in [1.82, 2.24) is 9.97 Å². The summed E-state index contributed by atoms with van der Waals surface area (Å²) in [6.07, 6.45) is 2.60. The highest BCUT2D eigenvalue weighted by atomic mass is 79.9. The highest BCUT2D eigenvalue weighted by Crippen LogP contribution is 2.20. The van der Waals surface area contributed by atoms with Crippen molar-refractivity contribution in [3.8, 4) is 0 Å². The Morgan fingerprint density at radius 2 is 2.44 bits per heavy atom. The maximum Gasteiger partial charge on any atom is 0.143 e. The predicted molar refractivity (Wildman–Crippen MR) is 67.5 cm³/mol. The van der Waals surface area contributed by atoms with Gasteiger partial charge in [0, 0.05) is 12.7 Å². The molecule has 2 aromatic rings. The average Bonchev–Trinajstić information content (AvgIpc) is 2.81. The van der Waals surface area contributed by atoms with Crippen LogP contribution in [0.2, 0.25) is 0 Å². The zero-order valence-electron chi connectivity index (χ0n) is 8.30. The van der Waals surface area contributed by atoms with Crippen LogP contribution in [0.4, 0.5) is 5.82 Å². The maximum absolute atomic E-state index is 9.85. The third-order valence-electron chi connectivity index (χ3n) is 2.06. The van der Waals surface area contributed by atoms with Crippen LogP contribution < -0.4 is 5.32 Å². The van der Waals surface area contributed by atoms with Crippen LogP contribution in [0.25, 0.3) is 0 Å². The number of thiophene rings is 1. The lowest BCUT2D eigenvalue weighted by molar-refractivity contribution is 0.192. The first kappa shape index (κ1) is 11.5. The van der Waals surface area contributed by atoms with E-state index in [1.807, 2.05) is 16.8 Å². The standard InChI is InChI=1S/C10H10BrN3OS/c11-8-3-12-6-14-10(8)13-4-9(15)7-1-2-16-5-7/h1-3,5-6,9,15H,4H2,(H,12,13,14). The SMILES string of the molecule is OC(CNc1ncncc1Br)c1ccsc1. The Hall–Kier alpha value is -0.980. The summed E-state index contributed by atoms with van der Waals surface area (Å²) in [6, 6.07) is 1.91. The first-order valence-corrected chi connectivity index (χ1v) is 6.40. The number of rotatable bonds is 4. The van der Waals surface area contributed by atoms with Crippen LogP contribution in [0.1, 0.15) is 11.7 Å². The fourth-order valence-corrected chi connectivity index (χ4v) is 2.29. The van der Waals surface area contributed by atoms with Crippen molar-refractivity contribution >= 4 is 33.1 Å². The molecule has 0 radical (unpaired) electrons. The van der Waals surface area contributed by atoms with E-state index in [0.717, 1.165) is 10.0 Å². The number of aliphatic hydroxyl groups excluding tert-OH is 1. The first-order chi connectivity index (χ1) is 7.77. The Morgan fingerprint density at radius 3 is 3.12 bits per heavy atom. The van der Waals surface area contributed by atoms with Gasteiger partial charge >= 0.3 is 0 Å². The van der Waals surface area contributed by atoms with Crippen LogP contribution in [0.3, 0.4) is 0 Å². The lowest BCUT2D eigenvalue weighted by Crippen LogP contribution is -2.12. The molecule has 2 aromatic heterocycles. The number of aliphatic hydroxyl groups is 1. The minimum absolute atomic E-state index is 0.423. The molecule has 1 atom stereocenters. The molecule has 0 aromatic carbocycles. The fourth-order valence-electron chi connectivity index (χ4n) is 1.22. The topological polar surface area (TPSA) is 58.0 Å². The molecule has 2 rings (SSSR count). The number of nitrogens with zero attached hydrogens (tertiary/aromatic N) is 2.